The molecule has 5 rings (SSSR count). The predicted octanol–water partition coefficient (Wildman–Crippen LogP) is 1.45. The van der Waals surface area contributed by atoms with Crippen molar-refractivity contribution in [3.05, 3.63) is 74.9 Å². The van der Waals surface area contributed by atoms with Crippen LogP contribution in [0.3, 0.4) is 0 Å². The number of ether oxygens (including phenoxy) is 1. The van der Waals surface area contributed by atoms with Crippen molar-refractivity contribution in [2.45, 2.75) is 25.9 Å². The summed E-state index contributed by atoms with van der Waals surface area (Å²) in [5.74, 6) is -0.583. The van der Waals surface area contributed by atoms with Crippen LogP contribution in [0, 0.1) is 5.92 Å². The van der Waals surface area contributed by atoms with Gasteiger partial charge in [0.1, 0.15) is 17.0 Å². The smallest absolute Gasteiger partial charge is 0.263 e. The van der Waals surface area contributed by atoms with E-state index in [1.807, 2.05) is 6.92 Å². The van der Waals surface area contributed by atoms with Crippen LogP contribution in [0.15, 0.2) is 47.5 Å². The number of halogens is 1. The number of likely N-dealkylation sites (N-methyl/N-ethyl adjacent to an activating group) is 1. The maximum Gasteiger partial charge on any atom is 0.263 e. The quantitative estimate of drug-likeness (QED) is 0.506. The SMILES string of the molecule is CCOc1ccc(C(=O)N2C[C@@H]3CC(=O)NCCN(C)C(=O)c4cccn(c4=O)Cc4cn(nn4)[C@@H]3C2)cc1Cl. The minimum absolute atomic E-state index is 0.0372. The Bertz CT molecular complexity index is 1500. The van der Waals surface area contributed by atoms with Crippen LogP contribution in [0.5, 0.6) is 5.75 Å². The number of nitrogens with one attached hydrogen (secondary N) is 1. The Morgan fingerprint density at radius 3 is 2.80 bits per heavy atom. The first-order valence-electron chi connectivity index (χ1n) is 13.1. The van der Waals surface area contributed by atoms with Crippen molar-refractivity contribution < 1.29 is 19.1 Å². The average Bonchev–Trinajstić information content (AvgIpc) is 3.56. The summed E-state index contributed by atoms with van der Waals surface area (Å²) in [5.41, 5.74) is 0.533. The van der Waals surface area contributed by atoms with Gasteiger partial charge in [-0.3, -0.25) is 19.2 Å². The molecule has 0 aliphatic carbocycles. The van der Waals surface area contributed by atoms with Gasteiger partial charge in [0.25, 0.3) is 17.4 Å². The van der Waals surface area contributed by atoms with Gasteiger partial charge in [-0.05, 0) is 37.3 Å². The Labute approximate surface area is 235 Å². The molecule has 13 heteroatoms. The molecule has 0 unspecified atom stereocenters. The van der Waals surface area contributed by atoms with Gasteiger partial charge in [0.05, 0.1) is 30.4 Å². The lowest BCUT2D eigenvalue weighted by Crippen LogP contribution is -2.39. The molecule has 2 aromatic heterocycles. The van der Waals surface area contributed by atoms with Gasteiger partial charge in [-0.15, -0.1) is 5.10 Å². The van der Waals surface area contributed by atoms with Crippen molar-refractivity contribution in [2.24, 2.45) is 5.92 Å². The molecule has 3 amide bonds. The molecule has 210 valence electrons. The van der Waals surface area contributed by atoms with E-state index in [0.717, 1.165) is 0 Å². The highest BCUT2D eigenvalue weighted by Gasteiger charge is 2.39. The number of hydrogen-bond donors (Lipinski definition) is 1. The van der Waals surface area contributed by atoms with Crippen LogP contribution in [0.1, 0.15) is 45.8 Å². The summed E-state index contributed by atoms with van der Waals surface area (Å²) >= 11 is 6.33. The first kappa shape index (κ1) is 27.4. The first-order chi connectivity index (χ1) is 19.2. The summed E-state index contributed by atoms with van der Waals surface area (Å²) in [4.78, 5) is 55.4. The van der Waals surface area contributed by atoms with Crippen LogP contribution >= 0.6 is 11.6 Å². The summed E-state index contributed by atoms with van der Waals surface area (Å²) in [5, 5.41) is 11.7. The summed E-state index contributed by atoms with van der Waals surface area (Å²) < 4.78 is 8.55. The van der Waals surface area contributed by atoms with Gasteiger partial charge >= 0.3 is 0 Å². The van der Waals surface area contributed by atoms with E-state index in [-0.39, 0.29) is 55.4 Å². The van der Waals surface area contributed by atoms with Crippen molar-refractivity contribution in [2.75, 3.05) is 39.8 Å². The van der Waals surface area contributed by atoms with E-state index in [9.17, 15) is 19.2 Å². The second-order valence-electron chi connectivity index (χ2n) is 9.94. The van der Waals surface area contributed by atoms with Crippen LogP contribution < -0.4 is 15.6 Å². The fourth-order valence-corrected chi connectivity index (χ4v) is 5.37. The molecule has 1 aromatic carbocycles. The average molecular weight is 568 g/mol. The Kier molecular flexibility index (Phi) is 7.88. The molecule has 1 saturated heterocycles. The number of carbonyl (C=O) groups excluding carboxylic acids is 3. The summed E-state index contributed by atoms with van der Waals surface area (Å²) in [6, 6.07) is 7.75. The highest BCUT2D eigenvalue weighted by molar-refractivity contribution is 6.32. The number of aromatic nitrogens is 4. The zero-order chi connectivity index (χ0) is 28.4. The van der Waals surface area contributed by atoms with E-state index in [4.69, 9.17) is 16.3 Å². The van der Waals surface area contributed by atoms with Crippen molar-refractivity contribution in [3.8, 4) is 5.75 Å². The van der Waals surface area contributed by atoms with Gasteiger partial charge < -0.3 is 24.4 Å². The molecule has 3 aromatic rings. The molecule has 2 aliphatic heterocycles. The molecule has 0 radical (unpaired) electrons. The van der Waals surface area contributed by atoms with Crippen LogP contribution in [0.4, 0.5) is 0 Å². The lowest BCUT2D eigenvalue weighted by atomic mass is 9.99. The van der Waals surface area contributed by atoms with E-state index in [1.165, 1.54) is 15.5 Å². The zero-order valence-electron chi connectivity index (χ0n) is 22.2. The van der Waals surface area contributed by atoms with Gasteiger partial charge in [-0.2, -0.15) is 0 Å². The molecule has 2 atom stereocenters. The third-order valence-corrected chi connectivity index (χ3v) is 7.51. The maximum atomic E-state index is 13.4. The third-order valence-electron chi connectivity index (χ3n) is 7.22. The van der Waals surface area contributed by atoms with E-state index in [2.05, 4.69) is 15.6 Å². The van der Waals surface area contributed by atoms with Gasteiger partial charge in [0.2, 0.25) is 5.91 Å². The summed E-state index contributed by atoms with van der Waals surface area (Å²) in [6.45, 7) is 3.53. The molecule has 1 fully saturated rings. The number of amides is 3. The van der Waals surface area contributed by atoms with E-state index in [1.54, 1.807) is 53.3 Å². The topological polar surface area (TPSA) is 132 Å². The number of carbonyl (C=O) groups is 3. The number of pyridine rings is 1. The molecule has 0 spiro atoms. The highest BCUT2D eigenvalue weighted by atomic mass is 35.5. The highest BCUT2D eigenvalue weighted by Crippen LogP contribution is 2.32. The summed E-state index contributed by atoms with van der Waals surface area (Å²) in [7, 11) is 1.59. The minimum Gasteiger partial charge on any atom is -0.492 e. The van der Waals surface area contributed by atoms with E-state index in [0.29, 0.717) is 41.7 Å². The van der Waals surface area contributed by atoms with Gasteiger partial charge in [-0.25, -0.2) is 4.68 Å². The molecular formula is C27H30ClN7O5. The lowest BCUT2D eigenvalue weighted by Gasteiger charge is -2.20. The molecule has 12 nitrogen and oxygen atoms in total. The lowest BCUT2D eigenvalue weighted by molar-refractivity contribution is -0.122. The predicted molar refractivity (Wildman–Crippen MR) is 145 cm³/mol. The van der Waals surface area contributed by atoms with E-state index < -0.39 is 11.5 Å². The fraction of sp³-hybridized carbons (Fsp3) is 0.407. The first-order valence-corrected chi connectivity index (χ1v) is 13.5. The normalized spacial score (nSPS) is 19.8. The minimum atomic E-state index is -0.436. The molecule has 4 heterocycles. The molecular weight excluding hydrogens is 538 g/mol. The standard InChI is InChI=1S/C27H30ClN7O5/c1-3-40-23-7-6-17(11-21(23)28)25(37)34-13-18-12-24(36)29-8-10-32(2)26(38)20-5-4-9-33(27(20)39)14-19-15-35(31-30-19)22(18)16-34/h4-7,9,11,15,18,22H,3,8,10,12-14,16H2,1-2H3,(H,29,36)/t18-,22+/m0/s1. The molecule has 4 bridgehead atoms. The van der Waals surface area contributed by atoms with Gasteiger partial charge in [-0.1, -0.05) is 16.8 Å². The monoisotopic (exact) mass is 567 g/mol. The maximum absolute atomic E-state index is 13.4. The van der Waals surface area contributed by atoms with Crippen molar-refractivity contribution in [1.29, 1.82) is 0 Å². The van der Waals surface area contributed by atoms with Crippen molar-refractivity contribution >= 4 is 29.3 Å². The number of likely N-dealkylation sites (tertiary alicyclic amines) is 1. The van der Waals surface area contributed by atoms with Crippen LogP contribution in [-0.2, 0) is 11.3 Å². The largest absolute Gasteiger partial charge is 0.492 e. The van der Waals surface area contributed by atoms with Crippen LogP contribution in [-0.4, -0.2) is 86.9 Å². The van der Waals surface area contributed by atoms with Crippen LogP contribution in [0.2, 0.25) is 5.02 Å². The Morgan fingerprint density at radius 1 is 1.20 bits per heavy atom. The third kappa shape index (κ3) is 5.57. The van der Waals surface area contributed by atoms with E-state index >= 15 is 0 Å². The van der Waals surface area contributed by atoms with Crippen molar-refractivity contribution in [1.82, 2.24) is 34.7 Å². The fourth-order valence-electron chi connectivity index (χ4n) is 5.14. The van der Waals surface area contributed by atoms with Gasteiger partial charge in [0.15, 0.2) is 0 Å². The number of fused-ring (bicyclic) bond motifs is 6. The molecule has 40 heavy (non-hydrogen) atoms. The van der Waals surface area contributed by atoms with Crippen molar-refractivity contribution in [3.63, 3.8) is 0 Å². The number of benzene rings is 1. The number of nitrogens with zero attached hydrogens (tertiary/aromatic N) is 6. The molecule has 0 saturated carbocycles. The van der Waals surface area contributed by atoms with Gasteiger partial charge in [0, 0.05) is 57.3 Å². The zero-order valence-corrected chi connectivity index (χ0v) is 23.0. The summed E-state index contributed by atoms with van der Waals surface area (Å²) in [6.07, 6.45) is 3.47. The Hall–Kier alpha value is -4.19. The number of rotatable bonds is 3. The molecule has 2 aliphatic rings. The molecule has 1 N–H and O–H groups in total. The van der Waals surface area contributed by atoms with Crippen LogP contribution in [0.25, 0.3) is 0 Å². The Morgan fingerprint density at radius 2 is 2.02 bits per heavy atom. The Balaban J connectivity index is 1.43. The second-order valence-corrected chi connectivity index (χ2v) is 10.3. The second kappa shape index (κ2) is 11.5. The number of hydrogen-bond acceptors (Lipinski definition) is 7.